The third-order valence-corrected chi connectivity index (χ3v) is 3.07. The van der Waals surface area contributed by atoms with Crippen LogP contribution in [0.5, 0.6) is 0 Å². The molecule has 0 aliphatic rings. The van der Waals surface area contributed by atoms with Crippen molar-refractivity contribution in [3.63, 3.8) is 0 Å². The molecule has 0 bridgehead atoms. The molecule has 0 aliphatic heterocycles. The second kappa shape index (κ2) is 5.67. The summed E-state index contributed by atoms with van der Waals surface area (Å²) in [5, 5.41) is 16.2. The SMILES string of the molecule is CCc1cc(C(=O)NC(C)(C#N)CC)n(CC)n1. The van der Waals surface area contributed by atoms with Crippen molar-refractivity contribution < 1.29 is 4.79 Å². The van der Waals surface area contributed by atoms with E-state index in [9.17, 15) is 4.79 Å². The number of aryl methyl sites for hydroxylation is 2. The maximum absolute atomic E-state index is 12.2. The quantitative estimate of drug-likeness (QED) is 0.865. The first kappa shape index (κ1) is 14.2. The first-order valence-corrected chi connectivity index (χ1v) is 6.30. The lowest BCUT2D eigenvalue weighted by Crippen LogP contribution is -2.44. The first-order chi connectivity index (χ1) is 8.49. The molecule has 1 atom stereocenters. The third-order valence-electron chi connectivity index (χ3n) is 3.07. The van der Waals surface area contributed by atoms with Crippen molar-refractivity contribution in [3.05, 3.63) is 17.5 Å². The van der Waals surface area contributed by atoms with E-state index in [1.807, 2.05) is 20.8 Å². The Bertz CT molecular complexity index is 472. The predicted octanol–water partition coefficient (Wildman–Crippen LogP) is 1.89. The molecule has 1 aromatic rings. The minimum atomic E-state index is -0.827. The van der Waals surface area contributed by atoms with Crippen LogP contribution < -0.4 is 5.32 Å². The van der Waals surface area contributed by atoms with Crippen LogP contribution in [0, 0.1) is 11.3 Å². The van der Waals surface area contributed by atoms with Crippen molar-refractivity contribution in [3.8, 4) is 6.07 Å². The average molecular weight is 248 g/mol. The summed E-state index contributed by atoms with van der Waals surface area (Å²) in [6, 6.07) is 3.91. The van der Waals surface area contributed by atoms with E-state index in [1.54, 1.807) is 17.7 Å². The zero-order valence-corrected chi connectivity index (χ0v) is 11.4. The highest BCUT2D eigenvalue weighted by atomic mass is 16.2. The summed E-state index contributed by atoms with van der Waals surface area (Å²) in [6.45, 7) is 8.16. The van der Waals surface area contributed by atoms with Gasteiger partial charge in [0, 0.05) is 6.54 Å². The molecule has 98 valence electrons. The minimum Gasteiger partial charge on any atom is -0.333 e. The van der Waals surface area contributed by atoms with Gasteiger partial charge in [0.2, 0.25) is 0 Å². The molecule has 1 aromatic heterocycles. The summed E-state index contributed by atoms with van der Waals surface area (Å²) >= 11 is 0. The highest BCUT2D eigenvalue weighted by molar-refractivity contribution is 5.93. The van der Waals surface area contributed by atoms with Crippen LogP contribution in [0.3, 0.4) is 0 Å². The van der Waals surface area contributed by atoms with Crippen LogP contribution in [0.1, 0.15) is 50.3 Å². The largest absolute Gasteiger partial charge is 0.333 e. The van der Waals surface area contributed by atoms with Gasteiger partial charge in [-0.15, -0.1) is 0 Å². The molecule has 1 amide bonds. The maximum Gasteiger partial charge on any atom is 0.270 e. The molecule has 18 heavy (non-hydrogen) atoms. The highest BCUT2D eigenvalue weighted by Crippen LogP contribution is 2.11. The molecule has 0 aliphatic carbocycles. The summed E-state index contributed by atoms with van der Waals surface area (Å²) in [5.74, 6) is -0.241. The first-order valence-electron chi connectivity index (χ1n) is 6.30. The topological polar surface area (TPSA) is 70.7 Å². The van der Waals surface area contributed by atoms with E-state index in [-0.39, 0.29) is 5.91 Å². The van der Waals surface area contributed by atoms with Gasteiger partial charge in [0.05, 0.1) is 11.8 Å². The van der Waals surface area contributed by atoms with Crippen molar-refractivity contribution in [2.75, 3.05) is 0 Å². The normalized spacial score (nSPS) is 13.7. The van der Waals surface area contributed by atoms with E-state index in [0.29, 0.717) is 18.7 Å². The van der Waals surface area contributed by atoms with Gasteiger partial charge in [-0.2, -0.15) is 10.4 Å². The van der Waals surface area contributed by atoms with Gasteiger partial charge < -0.3 is 5.32 Å². The van der Waals surface area contributed by atoms with E-state index in [4.69, 9.17) is 5.26 Å². The molecular formula is C13H20N4O. The lowest BCUT2D eigenvalue weighted by molar-refractivity contribution is 0.0912. The summed E-state index contributed by atoms with van der Waals surface area (Å²) in [5.41, 5.74) is 0.577. The van der Waals surface area contributed by atoms with Gasteiger partial charge >= 0.3 is 0 Å². The van der Waals surface area contributed by atoms with Gasteiger partial charge in [-0.3, -0.25) is 9.48 Å². The summed E-state index contributed by atoms with van der Waals surface area (Å²) < 4.78 is 1.67. The molecular weight excluding hydrogens is 228 g/mol. The van der Waals surface area contributed by atoms with Crippen molar-refractivity contribution in [1.29, 1.82) is 5.26 Å². The van der Waals surface area contributed by atoms with E-state index in [2.05, 4.69) is 16.5 Å². The lowest BCUT2D eigenvalue weighted by atomic mass is 10.0. The van der Waals surface area contributed by atoms with Crippen LogP contribution in [-0.4, -0.2) is 21.2 Å². The zero-order chi connectivity index (χ0) is 13.8. The zero-order valence-electron chi connectivity index (χ0n) is 11.4. The number of hydrogen-bond donors (Lipinski definition) is 1. The molecule has 1 rings (SSSR count). The molecule has 0 aromatic carbocycles. The maximum atomic E-state index is 12.2. The second-order valence-corrected chi connectivity index (χ2v) is 4.44. The van der Waals surface area contributed by atoms with Crippen LogP contribution in [0.25, 0.3) is 0 Å². The Morgan fingerprint density at radius 2 is 2.22 bits per heavy atom. The van der Waals surface area contributed by atoms with E-state index in [1.165, 1.54) is 0 Å². The van der Waals surface area contributed by atoms with Crippen LogP contribution >= 0.6 is 0 Å². The average Bonchev–Trinajstić information content (AvgIpc) is 2.81. The summed E-state index contributed by atoms with van der Waals surface area (Å²) in [6.07, 6.45) is 1.35. The Morgan fingerprint density at radius 1 is 1.56 bits per heavy atom. The summed E-state index contributed by atoms with van der Waals surface area (Å²) in [7, 11) is 0. The van der Waals surface area contributed by atoms with Gasteiger partial charge in [0.25, 0.3) is 5.91 Å². The molecule has 1 N–H and O–H groups in total. The Balaban J connectivity index is 2.97. The fourth-order valence-electron chi connectivity index (χ4n) is 1.58. The number of aromatic nitrogens is 2. The molecule has 0 saturated carbocycles. The van der Waals surface area contributed by atoms with Crippen molar-refractivity contribution in [2.45, 2.75) is 52.6 Å². The number of nitrogens with one attached hydrogen (secondary N) is 1. The van der Waals surface area contributed by atoms with E-state index in [0.717, 1.165) is 12.1 Å². The number of nitrogens with zero attached hydrogens (tertiary/aromatic N) is 3. The van der Waals surface area contributed by atoms with Crippen LogP contribution in [0.2, 0.25) is 0 Å². The monoisotopic (exact) mass is 248 g/mol. The third kappa shape index (κ3) is 2.89. The number of carbonyl (C=O) groups is 1. The Labute approximate surface area is 108 Å². The second-order valence-electron chi connectivity index (χ2n) is 4.44. The summed E-state index contributed by atoms with van der Waals surface area (Å²) in [4.78, 5) is 12.2. The van der Waals surface area contributed by atoms with Crippen molar-refractivity contribution in [1.82, 2.24) is 15.1 Å². The van der Waals surface area contributed by atoms with Crippen LogP contribution in [-0.2, 0) is 13.0 Å². The van der Waals surface area contributed by atoms with Crippen molar-refractivity contribution >= 4 is 5.91 Å². The number of hydrogen-bond acceptors (Lipinski definition) is 3. The molecule has 5 heteroatoms. The van der Waals surface area contributed by atoms with E-state index >= 15 is 0 Å². The smallest absolute Gasteiger partial charge is 0.270 e. The molecule has 0 saturated heterocycles. The van der Waals surface area contributed by atoms with Crippen LogP contribution in [0.4, 0.5) is 0 Å². The van der Waals surface area contributed by atoms with Crippen LogP contribution in [0.15, 0.2) is 6.07 Å². The fraction of sp³-hybridized carbons (Fsp3) is 0.615. The van der Waals surface area contributed by atoms with Gasteiger partial charge in [-0.25, -0.2) is 0 Å². The molecule has 0 spiro atoms. The molecule has 5 nitrogen and oxygen atoms in total. The number of amides is 1. The molecule has 0 radical (unpaired) electrons. The fourth-order valence-corrected chi connectivity index (χ4v) is 1.58. The van der Waals surface area contributed by atoms with E-state index < -0.39 is 5.54 Å². The number of rotatable bonds is 5. The van der Waals surface area contributed by atoms with Gasteiger partial charge in [-0.1, -0.05) is 13.8 Å². The molecule has 1 unspecified atom stereocenters. The van der Waals surface area contributed by atoms with Crippen molar-refractivity contribution in [2.24, 2.45) is 0 Å². The lowest BCUT2D eigenvalue weighted by Gasteiger charge is -2.21. The minimum absolute atomic E-state index is 0.241. The number of nitriles is 1. The molecule has 1 heterocycles. The molecule has 0 fully saturated rings. The standard InChI is InChI=1S/C13H20N4O/c1-5-10-8-11(17(7-3)16-10)12(18)15-13(4,6-2)9-14/h8H,5-7H2,1-4H3,(H,15,18). The van der Waals surface area contributed by atoms with Gasteiger partial charge in [-0.05, 0) is 32.8 Å². The van der Waals surface area contributed by atoms with Gasteiger partial charge in [0.1, 0.15) is 11.2 Å². The Hall–Kier alpha value is -1.83. The highest BCUT2D eigenvalue weighted by Gasteiger charge is 2.26. The number of carbonyl (C=O) groups excluding carboxylic acids is 1. The van der Waals surface area contributed by atoms with Gasteiger partial charge in [0.15, 0.2) is 0 Å². The Kier molecular flexibility index (Phi) is 4.49. The Morgan fingerprint density at radius 3 is 2.67 bits per heavy atom. The predicted molar refractivity (Wildman–Crippen MR) is 69.1 cm³/mol.